The van der Waals surface area contributed by atoms with Gasteiger partial charge in [0.05, 0.1) is 17.9 Å². The first-order chi connectivity index (χ1) is 15.5. The molecule has 2 heterocycles. The number of fused-ring (bicyclic) bond motifs is 1. The van der Waals surface area contributed by atoms with Crippen LogP contribution < -0.4 is 15.4 Å². The number of rotatable bonds is 8. The predicted octanol–water partition coefficient (Wildman–Crippen LogP) is 3.74. The van der Waals surface area contributed by atoms with E-state index in [1.165, 1.54) is 16.8 Å². The van der Waals surface area contributed by atoms with Crippen LogP contribution in [0.15, 0.2) is 48.5 Å². The molecule has 3 aromatic rings. The van der Waals surface area contributed by atoms with Gasteiger partial charge in [0.1, 0.15) is 23.9 Å². The lowest BCUT2D eigenvalue weighted by atomic mass is 10.2. The molecule has 1 aromatic heterocycles. The molecule has 166 valence electrons. The zero-order chi connectivity index (χ0) is 22.5. The minimum Gasteiger partial charge on any atom is -0.493 e. The van der Waals surface area contributed by atoms with E-state index in [0.717, 1.165) is 28.3 Å². The van der Waals surface area contributed by atoms with Crippen LogP contribution in [0.4, 0.5) is 10.2 Å². The number of halogens is 1. The molecule has 1 aliphatic rings. The molecule has 0 atom stereocenters. The topological polar surface area (TPSA) is 85.2 Å². The van der Waals surface area contributed by atoms with Crippen molar-refractivity contribution in [2.24, 2.45) is 0 Å². The van der Waals surface area contributed by atoms with Crippen molar-refractivity contribution in [3.05, 3.63) is 76.7 Å². The number of hydrogen-bond donors (Lipinski definition) is 2. The number of amides is 2. The molecule has 4 rings (SSSR count). The largest absolute Gasteiger partial charge is 0.493 e. The van der Waals surface area contributed by atoms with Gasteiger partial charge in [-0.1, -0.05) is 24.3 Å². The molecule has 2 amide bonds. The number of nitrogens with zero attached hydrogens (tertiary/aromatic N) is 2. The Balaban J connectivity index is 1.49. The van der Waals surface area contributed by atoms with Crippen LogP contribution in [0.3, 0.4) is 0 Å². The second-order valence-electron chi connectivity index (χ2n) is 7.21. The molecular formula is C23H23FN4O3S. The van der Waals surface area contributed by atoms with Crippen LogP contribution in [0.1, 0.15) is 34.1 Å². The summed E-state index contributed by atoms with van der Waals surface area (Å²) in [6.45, 7) is 2.54. The van der Waals surface area contributed by atoms with Crippen molar-refractivity contribution in [1.29, 1.82) is 0 Å². The normalized spacial score (nSPS) is 12.3. The lowest BCUT2D eigenvalue weighted by Gasteiger charge is -2.13. The summed E-state index contributed by atoms with van der Waals surface area (Å²) in [5.74, 6) is 1.58. The van der Waals surface area contributed by atoms with Gasteiger partial charge in [-0.2, -0.15) is 16.9 Å². The molecule has 32 heavy (non-hydrogen) atoms. The molecule has 1 aliphatic heterocycles. The van der Waals surface area contributed by atoms with Gasteiger partial charge in [0.15, 0.2) is 0 Å². The third-order valence-electron chi connectivity index (χ3n) is 4.98. The van der Waals surface area contributed by atoms with E-state index in [-0.39, 0.29) is 30.7 Å². The molecule has 0 bridgehead atoms. The van der Waals surface area contributed by atoms with E-state index in [1.54, 1.807) is 42.1 Å². The van der Waals surface area contributed by atoms with Crippen LogP contribution in [0.2, 0.25) is 0 Å². The summed E-state index contributed by atoms with van der Waals surface area (Å²) in [6.07, 6.45) is 0. The molecule has 0 spiro atoms. The standard InChI is InChI=1S/C23H23FN4O3S/c1-2-31-20-6-4-3-5-17(20)23(30)26-22-18-13-32-14-19(18)27-28(22)12-21(29)25-11-15-7-9-16(24)10-8-15/h3-10H,2,11-14H2,1H3,(H,25,29)(H,26,30). The van der Waals surface area contributed by atoms with Crippen LogP contribution in [-0.2, 0) is 29.4 Å². The number of thioether (sulfide) groups is 1. The Morgan fingerprint density at radius 1 is 1.16 bits per heavy atom. The molecule has 0 radical (unpaired) electrons. The molecule has 0 fully saturated rings. The van der Waals surface area contributed by atoms with Gasteiger partial charge in [0.25, 0.3) is 5.91 Å². The highest BCUT2D eigenvalue weighted by molar-refractivity contribution is 7.98. The Morgan fingerprint density at radius 3 is 2.72 bits per heavy atom. The summed E-state index contributed by atoms with van der Waals surface area (Å²) in [5, 5.41) is 10.3. The Kier molecular flexibility index (Phi) is 6.75. The molecule has 2 N–H and O–H groups in total. The second kappa shape index (κ2) is 9.86. The molecular weight excluding hydrogens is 431 g/mol. The van der Waals surface area contributed by atoms with Gasteiger partial charge in [-0.25, -0.2) is 9.07 Å². The van der Waals surface area contributed by atoms with Gasteiger partial charge in [0, 0.05) is 23.6 Å². The van der Waals surface area contributed by atoms with Crippen LogP contribution in [-0.4, -0.2) is 28.2 Å². The fourth-order valence-corrected chi connectivity index (χ4v) is 4.46. The molecule has 0 aliphatic carbocycles. The Labute approximate surface area is 189 Å². The number of aromatic nitrogens is 2. The van der Waals surface area contributed by atoms with Crippen molar-refractivity contribution >= 4 is 29.4 Å². The maximum absolute atomic E-state index is 13.0. The predicted molar refractivity (Wildman–Crippen MR) is 121 cm³/mol. The minimum absolute atomic E-state index is 0.0401. The summed E-state index contributed by atoms with van der Waals surface area (Å²) in [7, 11) is 0. The van der Waals surface area contributed by atoms with Gasteiger partial charge in [-0.15, -0.1) is 0 Å². The lowest BCUT2D eigenvalue weighted by Crippen LogP contribution is -2.29. The Hall–Kier alpha value is -3.33. The molecule has 9 heteroatoms. The molecule has 2 aromatic carbocycles. The first-order valence-electron chi connectivity index (χ1n) is 10.3. The smallest absolute Gasteiger partial charge is 0.260 e. The number of para-hydroxylation sites is 1. The lowest BCUT2D eigenvalue weighted by molar-refractivity contribution is -0.122. The quantitative estimate of drug-likeness (QED) is 0.542. The average Bonchev–Trinajstić information content (AvgIpc) is 3.36. The van der Waals surface area contributed by atoms with Crippen molar-refractivity contribution in [3.8, 4) is 5.75 Å². The molecule has 7 nitrogen and oxygen atoms in total. The van der Waals surface area contributed by atoms with E-state index >= 15 is 0 Å². The number of ether oxygens (including phenoxy) is 1. The monoisotopic (exact) mass is 454 g/mol. The minimum atomic E-state index is -0.324. The summed E-state index contributed by atoms with van der Waals surface area (Å²) < 4.78 is 20.2. The highest BCUT2D eigenvalue weighted by atomic mass is 32.2. The fourth-order valence-electron chi connectivity index (χ4n) is 3.43. The first-order valence-corrected chi connectivity index (χ1v) is 11.4. The van der Waals surface area contributed by atoms with Gasteiger partial charge >= 0.3 is 0 Å². The number of anilines is 1. The van der Waals surface area contributed by atoms with E-state index in [0.29, 0.717) is 23.7 Å². The van der Waals surface area contributed by atoms with Crippen LogP contribution >= 0.6 is 11.8 Å². The highest BCUT2D eigenvalue weighted by Gasteiger charge is 2.26. The van der Waals surface area contributed by atoms with Gasteiger partial charge in [-0.05, 0) is 36.8 Å². The SMILES string of the molecule is CCOc1ccccc1C(=O)Nc1c2c(nn1CC(=O)NCc1ccc(F)cc1)CSC2. The van der Waals surface area contributed by atoms with Crippen LogP contribution in [0.5, 0.6) is 5.75 Å². The van der Waals surface area contributed by atoms with E-state index in [2.05, 4.69) is 15.7 Å². The van der Waals surface area contributed by atoms with Gasteiger partial charge in [-0.3, -0.25) is 9.59 Å². The first kappa shape index (κ1) is 21.9. The molecule has 0 saturated heterocycles. The summed E-state index contributed by atoms with van der Waals surface area (Å²) in [4.78, 5) is 25.6. The van der Waals surface area contributed by atoms with E-state index in [4.69, 9.17) is 4.74 Å². The summed E-state index contributed by atoms with van der Waals surface area (Å²) in [6, 6.07) is 13.0. The van der Waals surface area contributed by atoms with Crippen molar-refractivity contribution in [2.75, 3.05) is 11.9 Å². The average molecular weight is 455 g/mol. The van der Waals surface area contributed by atoms with Gasteiger partial charge < -0.3 is 15.4 Å². The van der Waals surface area contributed by atoms with E-state index in [1.807, 2.05) is 13.0 Å². The number of nitrogens with one attached hydrogen (secondary N) is 2. The zero-order valence-corrected chi connectivity index (χ0v) is 18.4. The number of carbonyl (C=O) groups is 2. The highest BCUT2D eigenvalue weighted by Crippen LogP contribution is 2.35. The zero-order valence-electron chi connectivity index (χ0n) is 17.6. The number of hydrogen-bond acceptors (Lipinski definition) is 5. The van der Waals surface area contributed by atoms with E-state index in [9.17, 15) is 14.0 Å². The number of benzene rings is 2. The fraction of sp³-hybridized carbons (Fsp3) is 0.261. The summed E-state index contributed by atoms with van der Waals surface area (Å²) >= 11 is 1.71. The van der Waals surface area contributed by atoms with Crippen molar-refractivity contribution < 1.29 is 18.7 Å². The maximum atomic E-state index is 13.0. The molecule has 0 saturated carbocycles. The molecule has 0 unspecified atom stereocenters. The van der Waals surface area contributed by atoms with E-state index < -0.39 is 0 Å². The van der Waals surface area contributed by atoms with Crippen molar-refractivity contribution in [3.63, 3.8) is 0 Å². The van der Waals surface area contributed by atoms with Crippen LogP contribution in [0.25, 0.3) is 0 Å². The summed E-state index contributed by atoms with van der Waals surface area (Å²) in [5.41, 5.74) is 3.01. The Morgan fingerprint density at radius 2 is 1.94 bits per heavy atom. The van der Waals surface area contributed by atoms with Crippen LogP contribution in [0, 0.1) is 5.82 Å². The van der Waals surface area contributed by atoms with Crippen molar-refractivity contribution in [2.45, 2.75) is 31.5 Å². The second-order valence-corrected chi connectivity index (χ2v) is 8.20. The van der Waals surface area contributed by atoms with Gasteiger partial charge in [0.2, 0.25) is 5.91 Å². The van der Waals surface area contributed by atoms with Crippen molar-refractivity contribution in [1.82, 2.24) is 15.1 Å². The Bertz CT molecular complexity index is 1130. The third kappa shape index (κ3) is 4.94. The maximum Gasteiger partial charge on any atom is 0.260 e. The number of carbonyl (C=O) groups excluding carboxylic acids is 2. The third-order valence-corrected chi connectivity index (χ3v) is 5.95.